The maximum Gasteiger partial charge on any atom is 0.282 e. The number of benzene rings is 2. The maximum absolute atomic E-state index is 12.6. The van der Waals surface area contributed by atoms with Gasteiger partial charge in [0.05, 0.1) is 9.82 Å². The van der Waals surface area contributed by atoms with Gasteiger partial charge in [-0.2, -0.15) is 0 Å². The Morgan fingerprint density at radius 3 is 2.37 bits per heavy atom. The second kappa shape index (κ2) is 7.63. The molecule has 8 nitrogen and oxygen atoms in total. The molecule has 0 fully saturated rings. The van der Waals surface area contributed by atoms with Gasteiger partial charge in [-0.1, -0.05) is 11.6 Å². The molecule has 0 saturated carbocycles. The first-order valence-electron chi connectivity index (χ1n) is 7.74. The van der Waals surface area contributed by atoms with Crippen LogP contribution in [0.25, 0.3) is 0 Å². The van der Waals surface area contributed by atoms with Crippen LogP contribution in [0.15, 0.2) is 35.2 Å². The summed E-state index contributed by atoms with van der Waals surface area (Å²) >= 11 is 5.86. The largest absolute Gasteiger partial charge is 0.321 e. The highest BCUT2D eigenvalue weighted by atomic mass is 35.5. The zero-order valence-corrected chi connectivity index (χ0v) is 16.7. The number of nitro groups is 1. The van der Waals surface area contributed by atoms with Gasteiger partial charge >= 0.3 is 0 Å². The Bertz CT molecular complexity index is 1040. The lowest BCUT2D eigenvalue weighted by Gasteiger charge is -2.16. The minimum Gasteiger partial charge on any atom is -0.321 e. The first-order valence-corrected chi connectivity index (χ1v) is 9.56. The van der Waals surface area contributed by atoms with Gasteiger partial charge in [0.25, 0.3) is 11.6 Å². The smallest absolute Gasteiger partial charge is 0.282 e. The number of nitrogens with one attached hydrogen (secondary N) is 1. The van der Waals surface area contributed by atoms with E-state index in [4.69, 9.17) is 11.6 Å². The number of rotatable bonds is 5. The van der Waals surface area contributed by atoms with Crippen molar-refractivity contribution in [1.82, 2.24) is 4.31 Å². The van der Waals surface area contributed by atoms with Gasteiger partial charge in [-0.3, -0.25) is 14.9 Å². The number of nitrogens with zero attached hydrogens (tertiary/aromatic N) is 2. The average Bonchev–Trinajstić information content (AvgIpc) is 2.57. The van der Waals surface area contributed by atoms with Crippen molar-refractivity contribution in [2.75, 3.05) is 19.4 Å². The quantitative estimate of drug-likeness (QED) is 0.599. The Hall–Kier alpha value is -2.49. The number of anilines is 1. The second-order valence-corrected chi connectivity index (χ2v) is 8.66. The summed E-state index contributed by atoms with van der Waals surface area (Å²) in [5.74, 6) is -0.758. The molecule has 0 saturated heterocycles. The molecule has 1 N–H and O–H groups in total. The van der Waals surface area contributed by atoms with Gasteiger partial charge < -0.3 is 5.32 Å². The molecule has 0 heterocycles. The highest BCUT2D eigenvalue weighted by molar-refractivity contribution is 7.89. The minimum atomic E-state index is -3.71. The normalized spacial score (nSPS) is 11.5. The lowest BCUT2D eigenvalue weighted by atomic mass is 10.1. The van der Waals surface area contributed by atoms with Crippen LogP contribution in [0.4, 0.5) is 11.4 Å². The third-order valence-corrected chi connectivity index (χ3v) is 6.10. The molecule has 0 aliphatic rings. The Labute approximate surface area is 162 Å². The van der Waals surface area contributed by atoms with E-state index in [1.807, 2.05) is 0 Å². The van der Waals surface area contributed by atoms with Crippen LogP contribution in [0, 0.1) is 24.0 Å². The fraction of sp³-hybridized carbons (Fsp3) is 0.235. The second-order valence-electron chi connectivity index (χ2n) is 6.07. The van der Waals surface area contributed by atoms with Gasteiger partial charge in [-0.25, -0.2) is 12.7 Å². The number of carbonyl (C=O) groups is 1. The van der Waals surface area contributed by atoms with Crippen molar-refractivity contribution in [3.63, 3.8) is 0 Å². The van der Waals surface area contributed by atoms with Crippen LogP contribution in [0.1, 0.15) is 21.5 Å². The predicted octanol–water partition coefficient (Wildman–Crippen LogP) is 3.37. The van der Waals surface area contributed by atoms with Crippen molar-refractivity contribution in [1.29, 1.82) is 0 Å². The van der Waals surface area contributed by atoms with Gasteiger partial charge in [0.1, 0.15) is 5.56 Å². The van der Waals surface area contributed by atoms with Crippen molar-refractivity contribution in [2.45, 2.75) is 18.7 Å². The monoisotopic (exact) mass is 411 g/mol. The lowest BCUT2D eigenvalue weighted by Crippen LogP contribution is -2.23. The number of hydrogen-bond donors (Lipinski definition) is 1. The molecule has 2 rings (SSSR count). The molecule has 0 atom stereocenters. The minimum absolute atomic E-state index is 0.00601. The molecule has 27 heavy (non-hydrogen) atoms. The Morgan fingerprint density at radius 1 is 1.19 bits per heavy atom. The molecule has 10 heteroatoms. The number of nitro benzene ring substituents is 1. The fourth-order valence-electron chi connectivity index (χ4n) is 2.35. The van der Waals surface area contributed by atoms with E-state index < -0.39 is 26.5 Å². The summed E-state index contributed by atoms with van der Waals surface area (Å²) in [4.78, 5) is 23.1. The molecule has 0 radical (unpaired) electrons. The molecule has 0 aliphatic heterocycles. The van der Waals surface area contributed by atoms with Crippen molar-refractivity contribution >= 4 is 38.9 Å². The molecule has 1 amide bonds. The van der Waals surface area contributed by atoms with E-state index in [1.165, 1.54) is 38.4 Å². The predicted molar refractivity (Wildman–Crippen MR) is 103 cm³/mol. The van der Waals surface area contributed by atoms with E-state index in [0.717, 1.165) is 10.4 Å². The maximum atomic E-state index is 12.6. The molecule has 0 aromatic heterocycles. The number of aryl methyl sites for hydroxylation is 1. The van der Waals surface area contributed by atoms with Crippen molar-refractivity contribution in [2.24, 2.45) is 0 Å². The molecule has 0 bridgehead atoms. The first kappa shape index (κ1) is 20.8. The lowest BCUT2D eigenvalue weighted by molar-refractivity contribution is -0.385. The molecular weight excluding hydrogens is 394 g/mol. The topological polar surface area (TPSA) is 110 Å². The summed E-state index contributed by atoms with van der Waals surface area (Å²) in [6, 6.07) is 6.48. The summed E-state index contributed by atoms with van der Waals surface area (Å²) in [5, 5.41) is 13.9. The SMILES string of the molecule is Cc1cc(S(=O)(=O)N(C)C)cc(NC(=O)c2cc(Cl)ccc2[N+](=O)[O-])c1C. The van der Waals surface area contributed by atoms with Gasteiger partial charge in [0, 0.05) is 30.9 Å². The van der Waals surface area contributed by atoms with Crippen molar-refractivity contribution in [3.8, 4) is 0 Å². The Morgan fingerprint density at radius 2 is 1.81 bits per heavy atom. The standard InChI is InChI=1S/C17H18ClN3O5S/c1-10-7-13(27(25,26)20(3)4)9-15(11(10)2)19-17(22)14-8-12(18)5-6-16(14)21(23)24/h5-9H,1-4H3,(H,19,22). The van der Waals surface area contributed by atoms with Gasteiger partial charge in [0.15, 0.2) is 0 Å². The van der Waals surface area contributed by atoms with E-state index in [9.17, 15) is 23.3 Å². The van der Waals surface area contributed by atoms with Crippen molar-refractivity contribution in [3.05, 3.63) is 62.2 Å². The van der Waals surface area contributed by atoms with E-state index in [-0.39, 0.29) is 21.2 Å². The van der Waals surface area contributed by atoms with Crippen LogP contribution in [0.2, 0.25) is 5.02 Å². The molecule has 0 aliphatic carbocycles. The number of halogens is 1. The van der Waals surface area contributed by atoms with Crippen LogP contribution in [0.5, 0.6) is 0 Å². The highest BCUT2D eigenvalue weighted by Gasteiger charge is 2.23. The van der Waals surface area contributed by atoms with Crippen LogP contribution in [0.3, 0.4) is 0 Å². The number of carbonyl (C=O) groups excluding carboxylic acids is 1. The van der Waals surface area contributed by atoms with E-state index in [2.05, 4.69) is 5.32 Å². The summed E-state index contributed by atoms with van der Waals surface area (Å²) < 4.78 is 25.9. The first-order chi connectivity index (χ1) is 12.4. The summed E-state index contributed by atoms with van der Waals surface area (Å²) in [6.07, 6.45) is 0. The van der Waals surface area contributed by atoms with Gasteiger partial charge in [0.2, 0.25) is 10.0 Å². The van der Waals surface area contributed by atoms with Gasteiger partial charge in [-0.15, -0.1) is 0 Å². The molecule has 2 aromatic carbocycles. The summed E-state index contributed by atoms with van der Waals surface area (Å²) in [7, 11) is -0.913. The average molecular weight is 412 g/mol. The van der Waals surface area contributed by atoms with Crippen LogP contribution < -0.4 is 5.32 Å². The number of amides is 1. The molecule has 0 spiro atoms. The van der Waals surface area contributed by atoms with Crippen LogP contribution in [-0.4, -0.2) is 37.6 Å². The van der Waals surface area contributed by atoms with Crippen LogP contribution in [-0.2, 0) is 10.0 Å². The molecular formula is C17H18ClN3O5S. The third-order valence-electron chi connectivity index (χ3n) is 4.07. The van der Waals surface area contributed by atoms with E-state index in [0.29, 0.717) is 11.1 Å². The molecule has 0 unspecified atom stereocenters. The van der Waals surface area contributed by atoms with Gasteiger partial charge in [-0.05, 0) is 49.2 Å². The zero-order valence-electron chi connectivity index (χ0n) is 15.1. The van der Waals surface area contributed by atoms with Crippen molar-refractivity contribution < 1.29 is 18.1 Å². The highest BCUT2D eigenvalue weighted by Crippen LogP contribution is 2.28. The zero-order chi connectivity index (χ0) is 20.5. The summed E-state index contributed by atoms with van der Waals surface area (Å²) in [5.41, 5.74) is 0.919. The Kier molecular flexibility index (Phi) is 5.88. The fourth-order valence-corrected chi connectivity index (χ4v) is 3.54. The Balaban J connectivity index is 2.52. The number of sulfonamides is 1. The van der Waals surface area contributed by atoms with E-state index in [1.54, 1.807) is 13.8 Å². The summed E-state index contributed by atoms with van der Waals surface area (Å²) in [6.45, 7) is 3.42. The third kappa shape index (κ3) is 4.26. The molecule has 2 aromatic rings. The molecule has 144 valence electrons. The van der Waals surface area contributed by atoms with E-state index >= 15 is 0 Å². The number of hydrogen-bond acceptors (Lipinski definition) is 5. The van der Waals surface area contributed by atoms with Crippen LogP contribution >= 0.6 is 11.6 Å².